The van der Waals surface area contributed by atoms with Gasteiger partial charge < -0.3 is 15.7 Å². The highest BCUT2D eigenvalue weighted by Gasteiger charge is 2.24. The molecule has 0 aliphatic heterocycles. The van der Waals surface area contributed by atoms with E-state index in [0.29, 0.717) is 5.82 Å². The highest BCUT2D eigenvalue weighted by molar-refractivity contribution is 5.74. The van der Waals surface area contributed by atoms with E-state index in [9.17, 15) is 9.90 Å². The number of nitrogens with zero attached hydrogens (tertiary/aromatic N) is 3. The molecule has 18 heavy (non-hydrogen) atoms. The molecule has 7 nitrogen and oxygen atoms in total. The van der Waals surface area contributed by atoms with Crippen LogP contribution in [0.1, 0.15) is 32.5 Å². The molecule has 0 bridgehead atoms. The lowest BCUT2D eigenvalue weighted by Gasteiger charge is -2.28. The first-order valence-corrected chi connectivity index (χ1v) is 6.00. The minimum absolute atomic E-state index is 0.0872. The molecular weight excluding hydrogens is 234 g/mol. The van der Waals surface area contributed by atoms with Gasteiger partial charge in [0.15, 0.2) is 5.82 Å². The predicted molar refractivity (Wildman–Crippen MR) is 66.8 cm³/mol. The quantitative estimate of drug-likeness (QED) is 0.675. The first kappa shape index (κ1) is 14.4. The molecule has 0 aliphatic carbocycles. The van der Waals surface area contributed by atoms with E-state index in [2.05, 4.69) is 20.7 Å². The van der Waals surface area contributed by atoms with E-state index in [-0.39, 0.29) is 19.2 Å². The summed E-state index contributed by atoms with van der Waals surface area (Å²) in [6, 6.07) is -0.326. The molecule has 102 valence electrons. The number of rotatable bonds is 6. The summed E-state index contributed by atoms with van der Waals surface area (Å²) >= 11 is 0. The van der Waals surface area contributed by atoms with Crippen LogP contribution in [0.25, 0.3) is 0 Å². The van der Waals surface area contributed by atoms with Gasteiger partial charge in [0, 0.05) is 7.05 Å². The van der Waals surface area contributed by atoms with E-state index >= 15 is 0 Å². The summed E-state index contributed by atoms with van der Waals surface area (Å²) in [6.07, 6.45) is 3.18. The average Bonchev–Trinajstić information content (AvgIpc) is 2.73. The van der Waals surface area contributed by atoms with E-state index in [0.717, 1.165) is 12.8 Å². The van der Waals surface area contributed by atoms with Crippen LogP contribution in [0, 0.1) is 0 Å². The van der Waals surface area contributed by atoms with Gasteiger partial charge in [-0.15, -0.1) is 0 Å². The SMILES string of the molecule is CCCC(C)(CO)NC(=O)NCc1ncn(C)n1. The third-order valence-electron chi connectivity index (χ3n) is 2.62. The second-order valence-corrected chi connectivity index (χ2v) is 4.61. The summed E-state index contributed by atoms with van der Waals surface area (Å²) in [5.41, 5.74) is -0.587. The Balaban J connectivity index is 2.41. The van der Waals surface area contributed by atoms with Crippen molar-refractivity contribution in [1.29, 1.82) is 0 Å². The molecule has 0 saturated carbocycles. The molecule has 0 spiro atoms. The first-order chi connectivity index (χ1) is 8.49. The normalized spacial score (nSPS) is 14.0. The van der Waals surface area contributed by atoms with Gasteiger partial charge in [0.25, 0.3) is 0 Å². The van der Waals surface area contributed by atoms with Gasteiger partial charge in [-0.2, -0.15) is 5.10 Å². The van der Waals surface area contributed by atoms with Crippen molar-refractivity contribution in [1.82, 2.24) is 25.4 Å². The summed E-state index contributed by atoms with van der Waals surface area (Å²) in [5, 5.41) is 18.8. The third kappa shape index (κ3) is 4.33. The maximum Gasteiger partial charge on any atom is 0.315 e. The molecule has 0 radical (unpaired) electrons. The van der Waals surface area contributed by atoms with Crippen LogP contribution >= 0.6 is 0 Å². The minimum Gasteiger partial charge on any atom is -0.394 e. The Kier molecular flexibility index (Phi) is 5.08. The predicted octanol–water partition coefficient (Wildman–Crippen LogP) is 0.165. The summed E-state index contributed by atoms with van der Waals surface area (Å²) < 4.78 is 1.57. The summed E-state index contributed by atoms with van der Waals surface area (Å²) in [4.78, 5) is 15.7. The highest BCUT2D eigenvalue weighted by atomic mass is 16.3. The number of hydrogen-bond donors (Lipinski definition) is 3. The Morgan fingerprint density at radius 1 is 1.61 bits per heavy atom. The molecule has 1 aromatic heterocycles. The standard InChI is InChI=1S/C11H21N5O2/c1-4-5-11(2,7-17)14-10(18)12-6-9-13-8-16(3)15-9/h8,17H,4-7H2,1-3H3,(H2,12,14,18). The Morgan fingerprint density at radius 3 is 2.83 bits per heavy atom. The van der Waals surface area contributed by atoms with Crippen LogP contribution in [0.3, 0.4) is 0 Å². The van der Waals surface area contributed by atoms with Crippen LogP contribution in [-0.2, 0) is 13.6 Å². The van der Waals surface area contributed by atoms with Crippen LogP contribution in [0.15, 0.2) is 6.33 Å². The Morgan fingerprint density at radius 2 is 2.33 bits per heavy atom. The second kappa shape index (κ2) is 6.34. The maximum atomic E-state index is 11.7. The van der Waals surface area contributed by atoms with Crippen molar-refractivity contribution in [3.8, 4) is 0 Å². The second-order valence-electron chi connectivity index (χ2n) is 4.61. The third-order valence-corrected chi connectivity index (χ3v) is 2.62. The number of aliphatic hydroxyl groups excluding tert-OH is 1. The van der Waals surface area contributed by atoms with Crippen molar-refractivity contribution >= 4 is 6.03 Å². The monoisotopic (exact) mass is 255 g/mol. The first-order valence-electron chi connectivity index (χ1n) is 6.00. The number of hydrogen-bond acceptors (Lipinski definition) is 4. The van der Waals surface area contributed by atoms with Crippen molar-refractivity contribution in [2.24, 2.45) is 7.05 Å². The maximum absolute atomic E-state index is 11.7. The van der Waals surface area contributed by atoms with Crippen LogP contribution in [0.5, 0.6) is 0 Å². The van der Waals surface area contributed by atoms with Crippen LogP contribution in [0.2, 0.25) is 0 Å². The Hall–Kier alpha value is -1.63. The molecule has 1 heterocycles. The van der Waals surface area contributed by atoms with Crippen molar-refractivity contribution in [2.75, 3.05) is 6.61 Å². The number of aromatic nitrogens is 3. The number of aliphatic hydroxyl groups is 1. The number of nitrogens with one attached hydrogen (secondary N) is 2. The lowest BCUT2D eigenvalue weighted by atomic mass is 9.98. The minimum atomic E-state index is -0.587. The summed E-state index contributed by atoms with van der Waals surface area (Å²) in [5.74, 6) is 0.550. The largest absolute Gasteiger partial charge is 0.394 e. The molecule has 7 heteroatoms. The smallest absolute Gasteiger partial charge is 0.315 e. The lowest BCUT2D eigenvalue weighted by molar-refractivity contribution is 0.163. The van der Waals surface area contributed by atoms with E-state index in [1.807, 2.05) is 13.8 Å². The molecule has 3 N–H and O–H groups in total. The summed E-state index contributed by atoms with van der Waals surface area (Å²) in [6.45, 7) is 4.00. The number of carbonyl (C=O) groups is 1. The molecule has 0 aliphatic rings. The van der Waals surface area contributed by atoms with Crippen molar-refractivity contribution in [3.63, 3.8) is 0 Å². The molecule has 0 aromatic carbocycles. The molecule has 1 atom stereocenters. The number of carbonyl (C=O) groups excluding carboxylic acids is 1. The van der Waals surface area contributed by atoms with Crippen LogP contribution in [-0.4, -0.2) is 38.0 Å². The fourth-order valence-electron chi connectivity index (χ4n) is 1.68. The van der Waals surface area contributed by atoms with E-state index in [4.69, 9.17) is 0 Å². The number of urea groups is 1. The van der Waals surface area contributed by atoms with Gasteiger partial charge in [0.05, 0.1) is 18.7 Å². The molecular formula is C11H21N5O2. The van der Waals surface area contributed by atoms with Crippen molar-refractivity contribution in [2.45, 2.75) is 38.8 Å². The molecule has 1 aromatic rings. The number of amides is 2. The zero-order valence-electron chi connectivity index (χ0n) is 11.1. The van der Waals surface area contributed by atoms with Gasteiger partial charge in [-0.25, -0.2) is 9.78 Å². The Bertz CT molecular complexity index is 393. The van der Waals surface area contributed by atoms with Gasteiger partial charge in [0.1, 0.15) is 6.33 Å². The molecule has 0 saturated heterocycles. The topological polar surface area (TPSA) is 92.1 Å². The lowest BCUT2D eigenvalue weighted by Crippen LogP contribution is -2.52. The van der Waals surface area contributed by atoms with Gasteiger partial charge in [-0.05, 0) is 13.3 Å². The highest BCUT2D eigenvalue weighted by Crippen LogP contribution is 2.10. The number of aryl methyl sites for hydroxylation is 1. The van der Waals surface area contributed by atoms with E-state index in [1.54, 1.807) is 18.1 Å². The zero-order valence-corrected chi connectivity index (χ0v) is 11.1. The molecule has 1 unspecified atom stereocenters. The van der Waals surface area contributed by atoms with Crippen LogP contribution < -0.4 is 10.6 Å². The van der Waals surface area contributed by atoms with E-state index < -0.39 is 5.54 Å². The fourth-order valence-corrected chi connectivity index (χ4v) is 1.68. The van der Waals surface area contributed by atoms with Gasteiger partial charge in [-0.1, -0.05) is 13.3 Å². The molecule has 0 fully saturated rings. The molecule has 2 amide bonds. The average molecular weight is 255 g/mol. The van der Waals surface area contributed by atoms with Gasteiger partial charge in [0.2, 0.25) is 0 Å². The van der Waals surface area contributed by atoms with Crippen molar-refractivity contribution < 1.29 is 9.90 Å². The fraction of sp³-hybridized carbons (Fsp3) is 0.727. The summed E-state index contributed by atoms with van der Waals surface area (Å²) in [7, 11) is 1.76. The van der Waals surface area contributed by atoms with Gasteiger partial charge >= 0.3 is 6.03 Å². The Labute approximate surface area is 107 Å². The van der Waals surface area contributed by atoms with Crippen LogP contribution in [0.4, 0.5) is 4.79 Å². The van der Waals surface area contributed by atoms with Crippen molar-refractivity contribution in [3.05, 3.63) is 12.2 Å². The zero-order chi connectivity index (χ0) is 13.6. The molecule has 1 rings (SSSR count). The van der Waals surface area contributed by atoms with Gasteiger partial charge in [-0.3, -0.25) is 4.68 Å². The van der Waals surface area contributed by atoms with E-state index in [1.165, 1.54) is 0 Å².